The number of carboxylic acids is 2. The van der Waals surface area contributed by atoms with Crippen LogP contribution in [0.2, 0.25) is 0 Å². The van der Waals surface area contributed by atoms with Crippen LogP contribution in [-0.2, 0) is 9.59 Å². The standard InChI is InChI=1S/C17H33NO4.C6H15NO3/c1-2-3-4-5-6-7-8-9-10-11-14-18-15(17(21)22)12-13-16(19)20;8-4-1-7(2-5-9)3-6-10/h15,18H,2-14H2,1H3,(H,19,20)(H,21,22);8-10H,1-6H2/t15-;/m0./s1. The third-order valence-corrected chi connectivity index (χ3v) is 5.11. The molecule has 0 saturated heterocycles. The maximum atomic E-state index is 11.0. The van der Waals surface area contributed by atoms with Gasteiger partial charge in [0.25, 0.3) is 0 Å². The Kier molecular flexibility index (Phi) is 26.7. The van der Waals surface area contributed by atoms with E-state index in [1.165, 1.54) is 51.4 Å². The van der Waals surface area contributed by atoms with Crippen molar-refractivity contribution in [2.24, 2.45) is 0 Å². The number of carbonyl (C=O) groups is 2. The van der Waals surface area contributed by atoms with Crippen LogP contribution < -0.4 is 5.32 Å². The molecule has 0 saturated carbocycles. The van der Waals surface area contributed by atoms with Crippen molar-refractivity contribution in [2.45, 2.75) is 90.0 Å². The van der Waals surface area contributed by atoms with Gasteiger partial charge in [-0.2, -0.15) is 0 Å². The summed E-state index contributed by atoms with van der Waals surface area (Å²) in [5.41, 5.74) is 0. The molecule has 6 N–H and O–H groups in total. The largest absolute Gasteiger partial charge is 0.481 e. The normalized spacial score (nSPS) is 11.8. The Morgan fingerprint density at radius 3 is 1.56 bits per heavy atom. The summed E-state index contributed by atoms with van der Waals surface area (Å²) in [4.78, 5) is 23.2. The van der Waals surface area contributed by atoms with Gasteiger partial charge >= 0.3 is 11.9 Å². The molecule has 1 atom stereocenters. The number of nitrogens with one attached hydrogen (secondary N) is 1. The minimum atomic E-state index is -0.965. The first kappa shape index (κ1) is 32.9. The molecule has 0 fully saturated rings. The molecule has 0 aliphatic rings. The lowest BCUT2D eigenvalue weighted by atomic mass is 10.1. The molecular formula is C23H48N2O7. The van der Waals surface area contributed by atoms with Crippen LogP contribution in [0, 0.1) is 0 Å². The lowest BCUT2D eigenvalue weighted by molar-refractivity contribution is -0.140. The Hall–Kier alpha value is -1.26. The summed E-state index contributed by atoms with van der Waals surface area (Å²) in [6.45, 7) is 4.63. The predicted molar refractivity (Wildman–Crippen MR) is 126 cm³/mol. The highest BCUT2D eigenvalue weighted by molar-refractivity contribution is 5.75. The third-order valence-electron chi connectivity index (χ3n) is 5.11. The summed E-state index contributed by atoms with van der Waals surface area (Å²) in [7, 11) is 0. The molecule has 9 nitrogen and oxygen atoms in total. The molecule has 9 heteroatoms. The first-order valence-electron chi connectivity index (χ1n) is 12.2. The number of nitrogens with zero attached hydrogens (tertiary/aromatic N) is 1. The number of aliphatic hydroxyl groups is 3. The number of unbranched alkanes of at least 4 members (excludes halogenated alkanes) is 9. The van der Waals surface area contributed by atoms with Crippen LogP contribution in [0.1, 0.15) is 84.0 Å². The number of hydrogen-bond donors (Lipinski definition) is 6. The number of rotatable bonds is 22. The topological polar surface area (TPSA) is 151 Å². The molecule has 0 aromatic heterocycles. The van der Waals surface area contributed by atoms with Gasteiger partial charge in [0.15, 0.2) is 0 Å². The van der Waals surface area contributed by atoms with E-state index in [1.807, 2.05) is 0 Å². The second-order valence-corrected chi connectivity index (χ2v) is 7.97. The molecule has 0 heterocycles. The summed E-state index contributed by atoms with van der Waals surface area (Å²) >= 11 is 0. The van der Waals surface area contributed by atoms with E-state index < -0.39 is 18.0 Å². The Balaban J connectivity index is 0. The molecule has 0 rings (SSSR count). The number of carboxylic acid groups (broad SMARTS) is 2. The van der Waals surface area contributed by atoms with E-state index in [0.717, 1.165) is 12.8 Å². The predicted octanol–water partition coefficient (Wildman–Crippen LogP) is 2.08. The van der Waals surface area contributed by atoms with Crippen LogP contribution >= 0.6 is 0 Å². The molecular weight excluding hydrogens is 416 g/mol. The van der Waals surface area contributed by atoms with Gasteiger partial charge in [0.1, 0.15) is 6.04 Å². The van der Waals surface area contributed by atoms with Crippen LogP contribution in [0.15, 0.2) is 0 Å². The monoisotopic (exact) mass is 464 g/mol. The minimum absolute atomic E-state index is 0.0694. The van der Waals surface area contributed by atoms with Crippen LogP contribution in [0.4, 0.5) is 0 Å². The van der Waals surface area contributed by atoms with E-state index >= 15 is 0 Å². The van der Waals surface area contributed by atoms with Crippen LogP contribution in [0.3, 0.4) is 0 Å². The van der Waals surface area contributed by atoms with Crippen molar-refractivity contribution in [3.8, 4) is 0 Å². The van der Waals surface area contributed by atoms with Crippen LogP contribution in [-0.4, -0.2) is 94.4 Å². The second kappa shape index (κ2) is 26.0. The fourth-order valence-electron chi connectivity index (χ4n) is 3.23. The van der Waals surface area contributed by atoms with Gasteiger partial charge in [-0.25, -0.2) is 0 Å². The van der Waals surface area contributed by atoms with Crippen molar-refractivity contribution in [1.82, 2.24) is 10.2 Å². The fraction of sp³-hybridized carbons (Fsp3) is 0.913. The lowest BCUT2D eigenvalue weighted by Gasteiger charge is -2.17. The minimum Gasteiger partial charge on any atom is -0.481 e. The van der Waals surface area contributed by atoms with E-state index in [4.69, 9.17) is 25.5 Å². The van der Waals surface area contributed by atoms with E-state index in [-0.39, 0.29) is 32.7 Å². The second-order valence-electron chi connectivity index (χ2n) is 7.97. The Labute approximate surface area is 193 Å². The van der Waals surface area contributed by atoms with Crippen LogP contribution in [0.5, 0.6) is 0 Å². The van der Waals surface area contributed by atoms with Gasteiger partial charge in [-0.3, -0.25) is 14.5 Å². The molecule has 32 heavy (non-hydrogen) atoms. The SMILES string of the molecule is CCCCCCCCCCCCN[C@@H](CCC(=O)O)C(=O)O.OCCN(CCO)CCO. The Morgan fingerprint density at radius 2 is 1.19 bits per heavy atom. The molecule has 0 aliphatic heterocycles. The average molecular weight is 465 g/mol. The number of aliphatic carboxylic acids is 2. The van der Waals surface area contributed by atoms with Gasteiger partial charge in [0.05, 0.1) is 19.8 Å². The zero-order chi connectivity index (χ0) is 24.5. The summed E-state index contributed by atoms with van der Waals surface area (Å²) in [5, 5.41) is 46.0. The first-order chi connectivity index (χ1) is 15.4. The van der Waals surface area contributed by atoms with E-state index in [9.17, 15) is 9.59 Å². The fourth-order valence-corrected chi connectivity index (χ4v) is 3.23. The first-order valence-corrected chi connectivity index (χ1v) is 12.2. The molecule has 192 valence electrons. The highest BCUT2D eigenvalue weighted by Crippen LogP contribution is 2.10. The summed E-state index contributed by atoms with van der Waals surface area (Å²) < 4.78 is 0. The number of hydrogen-bond acceptors (Lipinski definition) is 7. The van der Waals surface area contributed by atoms with Gasteiger partial charge < -0.3 is 30.8 Å². The zero-order valence-corrected chi connectivity index (χ0v) is 20.0. The van der Waals surface area contributed by atoms with E-state index in [1.54, 1.807) is 4.90 Å². The van der Waals surface area contributed by atoms with Gasteiger partial charge in [-0.05, 0) is 19.4 Å². The summed E-state index contributed by atoms with van der Waals surface area (Å²) in [6.07, 6.45) is 12.5. The highest BCUT2D eigenvalue weighted by Gasteiger charge is 2.17. The molecule has 0 aromatic carbocycles. The van der Waals surface area contributed by atoms with Crippen molar-refractivity contribution in [3.63, 3.8) is 0 Å². The quantitative estimate of drug-likeness (QED) is 0.132. The van der Waals surface area contributed by atoms with Crippen molar-refractivity contribution in [1.29, 1.82) is 0 Å². The molecule has 0 aliphatic carbocycles. The molecule has 0 spiro atoms. The van der Waals surface area contributed by atoms with Gasteiger partial charge in [0, 0.05) is 26.1 Å². The van der Waals surface area contributed by atoms with Gasteiger partial charge in [0.2, 0.25) is 0 Å². The summed E-state index contributed by atoms with van der Waals surface area (Å²) in [5.74, 6) is -1.92. The maximum absolute atomic E-state index is 11.0. The smallest absolute Gasteiger partial charge is 0.320 e. The maximum Gasteiger partial charge on any atom is 0.320 e. The van der Waals surface area contributed by atoms with Crippen molar-refractivity contribution in [2.75, 3.05) is 46.0 Å². The molecule has 0 unspecified atom stereocenters. The summed E-state index contributed by atoms with van der Waals surface area (Å²) in [6, 6.07) is -0.741. The third kappa shape index (κ3) is 25.0. The van der Waals surface area contributed by atoms with E-state index in [0.29, 0.717) is 26.2 Å². The number of aliphatic hydroxyl groups excluding tert-OH is 3. The van der Waals surface area contributed by atoms with Gasteiger partial charge in [-0.15, -0.1) is 0 Å². The highest BCUT2D eigenvalue weighted by atomic mass is 16.4. The zero-order valence-electron chi connectivity index (χ0n) is 20.0. The Bertz CT molecular complexity index is 411. The van der Waals surface area contributed by atoms with Gasteiger partial charge in [-0.1, -0.05) is 64.7 Å². The molecule has 0 aromatic rings. The Morgan fingerprint density at radius 1 is 0.750 bits per heavy atom. The van der Waals surface area contributed by atoms with Crippen molar-refractivity contribution >= 4 is 11.9 Å². The molecule has 0 amide bonds. The van der Waals surface area contributed by atoms with Crippen LogP contribution in [0.25, 0.3) is 0 Å². The van der Waals surface area contributed by atoms with Crippen molar-refractivity contribution < 1.29 is 35.1 Å². The molecule has 0 bridgehead atoms. The average Bonchev–Trinajstić information content (AvgIpc) is 2.74. The van der Waals surface area contributed by atoms with Crippen molar-refractivity contribution in [3.05, 3.63) is 0 Å². The van der Waals surface area contributed by atoms with E-state index in [2.05, 4.69) is 12.2 Å². The molecule has 0 radical (unpaired) electrons. The lowest BCUT2D eigenvalue weighted by Crippen LogP contribution is -2.37.